The molecule has 0 aliphatic rings. The topological polar surface area (TPSA) is 128 Å². The van der Waals surface area contributed by atoms with Crippen molar-refractivity contribution in [3.8, 4) is 11.5 Å². The van der Waals surface area contributed by atoms with Crippen LogP contribution in [0.25, 0.3) is 0 Å². The molecule has 1 amide bonds. The molecule has 0 radical (unpaired) electrons. The van der Waals surface area contributed by atoms with Crippen molar-refractivity contribution in [3.05, 3.63) is 96.1 Å². The molecule has 3 rings (SSSR count). The van der Waals surface area contributed by atoms with Crippen molar-refractivity contribution >= 4 is 23.1 Å². The van der Waals surface area contributed by atoms with E-state index in [2.05, 4.69) is 11.9 Å². The van der Waals surface area contributed by atoms with Gasteiger partial charge in [-0.05, 0) is 43.2 Å². The number of nitrogens with two attached hydrogens (primary N) is 2. The second kappa shape index (κ2) is 12.6. The summed E-state index contributed by atoms with van der Waals surface area (Å²) in [6, 6.07) is 19.2. The van der Waals surface area contributed by atoms with Gasteiger partial charge in [0, 0.05) is 23.9 Å². The summed E-state index contributed by atoms with van der Waals surface area (Å²) in [6.07, 6.45) is 2.07. The number of rotatable bonds is 8. The molecule has 3 aromatic rings. The van der Waals surface area contributed by atoms with Crippen molar-refractivity contribution in [2.45, 2.75) is 13.3 Å². The number of phenols is 1. The number of amides is 1. The predicted octanol–water partition coefficient (Wildman–Crippen LogP) is 3.72. The Hall–Kier alpha value is -4.26. The molecule has 0 saturated heterocycles. The lowest BCUT2D eigenvalue weighted by atomic mass is 10.0. The lowest BCUT2D eigenvalue weighted by Crippen LogP contribution is -2.23. The number of ether oxygens (including phenoxy) is 1. The molecule has 172 valence electrons. The third-order valence-electron chi connectivity index (χ3n) is 4.59. The van der Waals surface area contributed by atoms with E-state index in [-0.39, 0.29) is 23.0 Å². The fourth-order valence-corrected chi connectivity index (χ4v) is 2.88. The largest absolute Gasteiger partial charge is 0.507 e. The molecule has 33 heavy (non-hydrogen) atoms. The zero-order valence-corrected chi connectivity index (χ0v) is 18.6. The van der Waals surface area contributed by atoms with E-state index in [1.165, 1.54) is 18.2 Å². The fraction of sp³-hybridized carbons (Fsp3) is 0.154. The minimum atomic E-state index is -0.271. The Morgan fingerprint density at radius 1 is 1.06 bits per heavy atom. The number of phenolic OH excluding ortho intramolecular Hbond substituents is 1. The van der Waals surface area contributed by atoms with Gasteiger partial charge >= 0.3 is 0 Å². The highest BCUT2D eigenvalue weighted by Crippen LogP contribution is 2.31. The second-order valence-electron chi connectivity index (χ2n) is 7.02. The molecule has 0 aromatic heterocycles. The summed E-state index contributed by atoms with van der Waals surface area (Å²) >= 11 is 0. The number of nitrogen functional groups attached to an aromatic ring is 2. The predicted molar refractivity (Wildman–Crippen MR) is 131 cm³/mol. The number of hydrogen-bond acceptors (Lipinski definition) is 6. The van der Waals surface area contributed by atoms with Crippen LogP contribution in [0.1, 0.15) is 28.4 Å². The standard InChI is InChI=1S/C15H15NO3.C11H14N2O/c1-2-19-14-9-13(17)11(8-12(14)16)15(18)10-6-4-3-5-7-10;1-2-11(14)13-8-7-9-3-5-10(12)6-4-9/h3-9,17H,2,16H2,1H3;2-6H,1,7-8,12H2,(H,13,14). The Morgan fingerprint density at radius 2 is 1.73 bits per heavy atom. The van der Waals surface area contributed by atoms with Crippen LogP contribution in [0, 0.1) is 0 Å². The number of aromatic hydroxyl groups is 1. The van der Waals surface area contributed by atoms with Gasteiger partial charge in [-0.25, -0.2) is 0 Å². The van der Waals surface area contributed by atoms with Crippen LogP contribution in [-0.4, -0.2) is 29.9 Å². The molecule has 7 heteroatoms. The third-order valence-corrected chi connectivity index (χ3v) is 4.59. The van der Waals surface area contributed by atoms with Crippen molar-refractivity contribution in [2.24, 2.45) is 0 Å². The van der Waals surface area contributed by atoms with Gasteiger partial charge in [-0.15, -0.1) is 0 Å². The van der Waals surface area contributed by atoms with E-state index in [4.69, 9.17) is 16.2 Å². The van der Waals surface area contributed by atoms with E-state index in [0.717, 1.165) is 17.7 Å². The van der Waals surface area contributed by atoms with E-state index in [9.17, 15) is 14.7 Å². The highest BCUT2D eigenvalue weighted by atomic mass is 16.5. The molecule has 0 bridgehead atoms. The normalized spacial score (nSPS) is 9.85. The van der Waals surface area contributed by atoms with Gasteiger partial charge in [0.15, 0.2) is 5.78 Å². The Labute approximate surface area is 193 Å². The van der Waals surface area contributed by atoms with E-state index in [1.807, 2.05) is 37.3 Å². The van der Waals surface area contributed by atoms with Gasteiger partial charge < -0.3 is 26.6 Å². The summed E-state index contributed by atoms with van der Waals surface area (Å²) in [6.45, 7) is 6.25. The van der Waals surface area contributed by atoms with Gasteiger partial charge in [0.05, 0.1) is 17.9 Å². The maximum atomic E-state index is 12.2. The first-order chi connectivity index (χ1) is 15.8. The van der Waals surface area contributed by atoms with Crippen molar-refractivity contribution in [3.63, 3.8) is 0 Å². The van der Waals surface area contributed by atoms with Crippen molar-refractivity contribution in [1.82, 2.24) is 5.32 Å². The lowest BCUT2D eigenvalue weighted by Gasteiger charge is -2.10. The number of carbonyl (C=O) groups is 2. The smallest absolute Gasteiger partial charge is 0.243 e. The number of benzene rings is 3. The molecule has 0 atom stereocenters. The van der Waals surface area contributed by atoms with Crippen molar-refractivity contribution in [2.75, 3.05) is 24.6 Å². The SMILES string of the molecule is C=CC(=O)NCCc1ccc(N)cc1.CCOc1cc(O)c(C(=O)c2ccccc2)cc1N. The minimum Gasteiger partial charge on any atom is -0.507 e. The number of ketones is 1. The first kappa shape index (κ1) is 25.0. The van der Waals surface area contributed by atoms with Crippen LogP contribution in [0.2, 0.25) is 0 Å². The summed E-state index contributed by atoms with van der Waals surface area (Å²) in [7, 11) is 0. The van der Waals surface area contributed by atoms with E-state index < -0.39 is 0 Å². The second-order valence-corrected chi connectivity index (χ2v) is 7.02. The highest BCUT2D eigenvalue weighted by Gasteiger charge is 2.16. The van der Waals surface area contributed by atoms with Crippen LogP contribution in [-0.2, 0) is 11.2 Å². The molecule has 6 N–H and O–H groups in total. The van der Waals surface area contributed by atoms with E-state index >= 15 is 0 Å². The number of nitrogens with one attached hydrogen (secondary N) is 1. The van der Waals surface area contributed by atoms with Gasteiger partial charge in [0.25, 0.3) is 0 Å². The quantitative estimate of drug-likeness (QED) is 0.180. The summed E-state index contributed by atoms with van der Waals surface area (Å²) < 4.78 is 5.26. The van der Waals surface area contributed by atoms with Crippen LogP contribution in [0.5, 0.6) is 11.5 Å². The number of carbonyl (C=O) groups excluding carboxylic acids is 2. The van der Waals surface area contributed by atoms with Crippen LogP contribution in [0.3, 0.4) is 0 Å². The Balaban J connectivity index is 0.000000245. The maximum Gasteiger partial charge on any atom is 0.243 e. The average molecular weight is 448 g/mol. The Morgan fingerprint density at radius 3 is 2.33 bits per heavy atom. The first-order valence-corrected chi connectivity index (χ1v) is 10.4. The maximum absolute atomic E-state index is 12.2. The van der Waals surface area contributed by atoms with Gasteiger partial charge in [0.2, 0.25) is 5.91 Å². The van der Waals surface area contributed by atoms with Gasteiger partial charge in [-0.3, -0.25) is 9.59 Å². The van der Waals surface area contributed by atoms with Gasteiger partial charge in [-0.1, -0.05) is 49.0 Å². The zero-order chi connectivity index (χ0) is 24.2. The minimum absolute atomic E-state index is 0.133. The summed E-state index contributed by atoms with van der Waals surface area (Å²) in [5.74, 6) is -0.163. The van der Waals surface area contributed by atoms with Crippen LogP contribution >= 0.6 is 0 Å². The molecule has 0 aliphatic carbocycles. The molecule has 0 spiro atoms. The van der Waals surface area contributed by atoms with Gasteiger partial charge in [-0.2, -0.15) is 0 Å². The van der Waals surface area contributed by atoms with Gasteiger partial charge in [0.1, 0.15) is 11.5 Å². The highest BCUT2D eigenvalue weighted by molar-refractivity contribution is 6.11. The van der Waals surface area contributed by atoms with Crippen molar-refractivity contribution in [1.29, 1.82) is 0 Å². The molecule has 3 aromatic carbocycles. The Bertz CT molecular complexity index is 1080. The molecule has 0 saturated carbocycles. The van der Waals surface area contributed by atoms with Crippen LogP contribution in [0.4, 0.5) is 11.4 Å². The summed E-state index contributed by atoms with van der Waals surface area (Å²) in [5, 5.41) is 12.6. The molecular formula is C26H29N3O4. The molecule has 0 heterocycles. The van der Waals surface area contributed by atoms with E-state index in [1.54, 1.807) is 24.3 Å². The number of hydrogen-bond donors (Lipinski definition) is 4. The number of anilines is 2. The molecular weight excluding hydrogens is 418 g/mol. The molecule has 0 fully saturated rings. The van der Waals surface area contributed by atoms with Crippen molar-refractivity contribution < 1.29 is 19.4 Å². The summed E-state index contributed by atoms with van der Waals surface area (Å²) in [5.41, 5.74) is 14.3. The lowest BCUT2D eigenvalue weighted by molar-refractivity contribution is -0.116. The molecule has 7 nitrogen and oxygen atoms in total. The first-order valence-electron chi connectivity index (χ1n) is 10.4. The van der Waals surface area contributed by atoms with Crippen LogP contribution < -0.4 is 21.5 Å². The fourth-order valence-electron chi connectivity index (χ4n) is 2.88. The zero-order valence-electron chi connectivity index (χ0n) is 18.6. The average Bonchev–Trinajstić information content (AvgIpc) is 2.83. The third kappa shape index (κ3) is 7.74. The molecule has 0 aliphatic heterocycles. The summed E-state index contributed by atoms with van der Waals surface area (Å²) in [4.78, 5) is 23.0. The monoisotopic (exact) mass is 447 g/mol. The van der Waals surface area contributed by atoms with E-state index in [0.29, 0.717) is 30.2 Å². The van der Waals surface area contributed by atoms with Crippen LogP contribution in [0.15, 0.2) is 79.4 Å². The molecule has 0 unspecified atom stereocenters. The Kier molecular flexibility index (Phi) is 9.52.